The summed E-state index contributed by atoms with van der Waals surface area (Å²) in [5.74, 6) is 0.0595. The zero-order valence-electron chi connectivity index (χ0n) is 13.1. The second-order valence-corrected chi connectivity index (χ2v) is 5.52. The highest BCUT2D eigenvalue weighted by Crippen LogP contribution is 2.33. The molecule has 2 rings (SSSR count). The van der Waals surface area contributed by atoms with Gasteiger partial charge in [-0.3, -0.25) is 0 Å². The fourth-order valence-electron chi connectivity index (χ4n) is 1.87. The first kappa shape index (κ1) is 18.2. The molecule has 1 heterocycles. The number of aliphatic hydroxyl groups excluding tert-OH is 1. The van der Waals surface area contributed by atoms with Crippen molar-refractivity contribution >= 4 is 28.5 Å². The minimum Gasteiger partial charge on any atom is -0.511 e. The molecule has 1 N–H and O–H groups in total. The summed E-state index contributed by atoms with van der Waals surface area (Å²) in [4.78, 5) is 4.44. The molecule has 0 amide bonds. The zero-order valence-corrected chi connectivity index (χ0v) is 14.7. The van der Waals surface area contributed by atoms with E-state index in [1.54, 1.807) is 6.92 Å². The van der Waals surface area contributed by atoms with E-state index in [2.05, 4.69) is 4.98 Å². The van der Waals surface area contributed by atoms with Crippen LogP contribution in [-0.2, 0) is 0 Å². The standard InChI is InChI=1S/C15H13ClN2OS.C2H6/c1-3-13(19)10(7-17)15-18-12(8-20-15)14-9(2)5-4-6-11(14)16;1-2/h4-6,8,19H,3H2,1-2H3;1-2H3/b13-10-;. The Labute approximate surface area is 140 Å². The predicted molar refractivity (Wildman–Crippen MR) is 94.1 cm³/mol. The van der Waals surface area contributed by atoms with E-state index in [0.717, 1.165) is 16.8 Å². The van der Waals surface area contributed by atoms with Crippen molar-refractivity contribution < 1.29 is 5.11 Å². The number of halogens is 1. The molecule has 0 atom stereocenters. The number of nitriles is 1. The molecule has 0 unspecified atom stereocenters. The highest BCUT2D eigenvalue weighted by molar-refractivity contribution is 7.11. The van der Waals surface area contributed by atoms with Crippen LogP contribution >= 0.6 is 22.9 Å². The molecule has 0 spiro atoms. The summed E-state index contributed by atoms with van der Waals surface area (Å²) < 4.78 is 0. The lowest BCUT2D eigenvalue weighted by Gasteiger charge is -2.04. The fraction of sp³-hybridized carbons (Fsp3) is 0.294. The molecular weight excluding hydrogens is 316 g/mol. The van der Waals surface area contributed by atoms with Gasteiger partial charge in [-0.1, -0.05) is 44.5 Å². The summed E-state index contributed by atoms with van der Waals surface area (Å²) in [6.07, 6.45) is 0.406. The number of thiazole rings is 1. The molecule has 5 heteroatoms. The van der Waals surface area contributed by atoms with Crippen LogP contribution in [0.2, 0.25) is 5.02 Å². The number of rotatable bonds is 3. The van der Waals surface area contributed by atoms with Crippen molar-refractivity contribution in [2.45, 2.75) is 34.1 Å². The third kappa shape index (κ3) is 3.88. The molecule has 0 aliphatic carbocycles. The monoisotopic (exact) mass is 334 g/mol. The zero-order chi connectivity index (χ0) is 16.7. The van der Waals surface area contributed by atoms with Crippen LogP contribution in [0.25, 0.3) is 16.8 Å². The van der Waals surface area contributed by atoms with Gasteiger partial charge in [0.2, 0.25) is 0 Å². The number of aliphatic hydroxyl groups is 1. The molecule has 0 saturated heterocycles. The second kappa shape index (κ2) is 8.57. The van der Waals surface area contributed by atoms with E-state index in [1.807, 2.05) is 50.4 Å². The molecule has 1 aromatic carbocycles. The third-order valence-corrected chi connectivity index (χ3v) is 4.11. The van der Waals surface area contributed by atoms with Gasteiger partial charge in [0.05, 0.1) is 10.7 Å². The Kier molecular flexibility index (Phi) is 7.10. The summed E-state index contributed by atoms with van der Waals surface area (Å²) in [5, 5.41) is 21.9. The van der Waals surface area contributed by atoms with E-state index >= 15 is 0 Å². The Hall–Kier alpha value is -1.83. The van der Waals surface area contributed by atoms with E-state index in [4.69, 9.17) is 16.9 Å². The number of nitrogens with zero attached hydrogens (tertiary/aromatic N) is 2. The number of aromatic nitrogens is 1. The molecule has 116 valence electrons. The quantitative estimate of drug-likeness (QED) is 0.553. The molecule has 3 nitrogen and oxygen atoms in total. The van der Waals surface area contributed by atoms with Crippen LogP contribution in [0.15, 0.2) is 29.3 Å². The largest absolute Gasteiger partial charge is 0.511 e. The first-order chi connectivity index (χ1) is 10.6. The highest BCUT2D eigenvalue weighted by atomic mass is 35.5. The number of hydrogen-bond acceptors (Lipinski definition) is 4. The van der Waals surface area contributed by atoms with Crippen molar-refractivity contribution in [2.24, 2.45) is 0 Å². The molecule has 0 bridgehead atoms. The Morgan fingerprint density at radius 3 is 2.64 bits per heavy atom. The van der Waals surface area contributed by atoms with Gasteiger partial charge in [-0.15, -0.1) is 11.3 Å². The first-order valence-electron chi connectivity index (χ1n) is 7.12. The molecule has 2 aromatic rings. The van der Waals surface area contributed by atoms with Crippen molar-refractivity contribution in [2.75, 3.05) is 0 Å². The topological polar surface area (TPSA) is 56.9 Å². The Balaban J connectivity index is 0.00000116. The number of hydrogen-bond donors (Lipinski definition) is 1. The van der Waals surface area contributed by atoms with Gasteiger partial charge in [0.25, 0.3) is 0 Å². The maximum Gasteiger partial charge on any atom is 0.138 e. The summed E-state index contributed by atoms with van der Waals surface area (Å²) in [5.41, 5.74) is 2.85. The van der Waals surface area contributed by atoms with Crippen LogP contribution < -0.4 is 0 Å². The van der Waals surface area contributed by atoms with Gasteiger partial charge < -0.3 is 5.11 Å². The fourth-order valence-corrected chi connectivity index (χ4v) is 3.02. The third-order valence-electron chi connectivity index (χ3n) is 2.93. The summed E-state index contributed by atoms with van der Waals surface area (Å²) in [6.45, 7) is 7.75. The van der Waals surface area contributed by atoms with E-state index in [0.29, 0.717) is 16.5 Å². The minimum atomic E-state index is 0.0595. The molecule has 22 heavy (non-hydrogen) atoms. The van der Waals surface area contributed by atoms with Crippen LogP contribution in [-0.4, -0.2) is 10.1 Å². The Morgan fingerprint density at radius 1 is 1.41 bits per heavy atom. The van der Waals surface area contributed by atoms with Crippen LogP contribution in [0.3, 0.4) is 0 Å². The normalized spacial score (nSPS) is 11.1. The van der Waals surface area contributed by atoms with Crippen LogP contribution in [0.4, 0.5) is 0 Å². The molecule has 1 aromatic heterocycles. The lowest BCUT2D eigenvalue weighted by Crippen LogP contribution is -1.89. The van der Waals surface area contributed by atoms with Crippen molar-refractivity contribution in [3.63, 3.8) is 0 Å². The van der Waals surface area contributed by atoms with E-state index < -0.39 is 0 Å². The van der Waals surface area contributed by atoms with Crippen molar-refractivity contribution in [3.8, 4) is 17.3 Å². The van der Waals surface area contributed by atoms with Gasteiger partial charge in [-0.05, 0) is 18.6 Å². The van der Waals surface area contributed by atoms with Crippen molar-refractivity contribution in [1.29, 1.82) is 5.26 Å². The van der Waals surface area contributed by atoms with E-state index in [9.17, 15) is 5.11 Å². The van der Waals surface area contributed by atoms with E-state index in [-0.39, 0.29) is 11.3 Å². The second-order valence-electron chi connectivity index (χ2n) is 4.26. The van der Waals surface area contributed by atoms with Gasteiger partial charge >= 0.3 is 0 Å². The Morgan fingerprint density at radius 2 is 2.09 bits per heavy atom. The lowest BCUT2D eigenvalue weighted by atomic mass is 10.1. The summed E-state index contributed by atoms with van der Waals surface area (Å²) >= 11 is 7.54. The van der Waals surface area contributed by atoms with Crippen LogP contribution in [0.1, 0.15) is 37.8 Å². The van der Waals surface area contributed by atoms with Crippen LogP contribution in [0, 0.1) is 18.3 Å². The molecular formula is C17H19ClN2OS. The maximum atomic E-state index is 9.76. The molecule has 0 radical (unpaired) electrons. The molecule has 0 aliphatic rings. The van der Waals surface area contributed by atoms with Gasteiger partial charge in [-0.25, -0.2) is 4.98 Å². The SMILES string of the molecule is CC.CC/C(O)=C(\C#N)c1nc(-c2c(C)cccc2Cl)cs1. The molecule has 0 saturated carbocycles. The van der Waals surface area contributed by atoms with Gasteiger partial charge in [0, 0.05) is 17.4 Å². The van der Waals surface area contributed by atoms with Gasteiger partial charge in [-0.2, -0.15) is 5.26 Å². The lowest BCUT2D eigenvalue weighted by molar-refractivity contribution is 0.398. The average molecular weight is 335 g/mol. The van der Waals surface area contributed by atoms with Crippen LogP contribution in [0.5, 0.6) is 0 Å². The summed E-state index contributed by atoms with van der Waals surface area (Å²) in [7, 11) is 0. The van der Waals surface area contributed by atoms with Gasteiger partial charge in [0.15, 0.2) is 0 Å². The number of allylic oxidation sites excluding steroid dienone is 2. The smallest absolute Gasteiger partial charge is 0.138 e. The van der Waals surface area contributed by atoms with Crippen molar-refractivity contribution in [3.05, 3.63) is 44.9 Å². The minimum absolute atomic E-state index is 0.0595. The molecule has 0 aliphatic heterocycles. The summed E-state index contributed by atoms with van der Waals surface area (Å²) in [6, 6.07) is 7.67. The highest BCUT2D eigenvalue weighted by Gasteiger charge is 2.15. The molecule has 0 fully saturated rings. The van der Waals surface area contributed by atoms with Gasteiger partial charge in [0.1, 0.15) is 22.4 Å². The van der Waals surface area contributed by atoms with E-state index in [1.165, 1.54) is 11.3 Å². The first-order valence-corrected chi connectivity index (χ1v) is 8.37. The maximum absolute atomic E-state index is 9.76. The predicted octanol–water partition coefficient (Wildman–Crippen LogP) is 6.00. The number of benzene rings is 1. The van der Waals surface area contributed by atoms with Crippen molar-refractivity contribution in [1.82, 2.24) is 4.98 Å². The Bertz CT molecular complexity index is 693. The number of aryl methyl sites for hydroxylation is 1. The average Bonchev–Trinajstić information content (AvgIpc) is 2.99.